The lowest BCUT2D eigenvalue weighted by Crippen LogP contribution is -2.22. The van der Waals surface area contributed by atoms with Crippen LogP contribution >= 0.6 is 0 Å². The Morgan fingerprint density at radius 3 is 2.41 bits per heavy atom. The molecule has 0 spiro atoms. The lowest BCUT2D eigenvalue weighted by atomic mass is 10.1. The molecule has 6 nitrogen and oxygen atoms in total. The van der Waals surface area contributed by atoms with Gasteiger partial charge in [-0.2, -0.15) is 0 Å². The molecule has 3 rings (SSSR count). The van der Waals surface area contributed by atoms with E-state index in [0.29, 0.717) is 18.2 Å². The lowest BCUT2D eigenvalue weighted by molar-refractivity contribution is 0.248. The van der Waals surface area contributed by atoms with Crippen LogP contribution in [0.5, 0.6) is 17.2 Å². The van der Waals surface area contributed by atoms with Gasteiger partial charge in [0.15, 0.2) is 0 Å². The molecule has 0 saturated carbocycles. The van der Waals surface area contributed by atoms with Gasteiger partial charge in [0.1, 0.15) is 23.0 Å². The molecule has 0 fully saturated rings. The zero-order chi connectivity index (χ0) is 21.0. The van der Waals surface area contributed by atoms with Gasteiger partial charge in [0.25, 0.3) is 0 Å². The minimum atomic E-state index is 0.195. The summed E-state index contributed by atoms with van der Waals surface area (Å²) in [5.74, 6) is 3.58. The summed E-state index contributed by atoms with van der Waals surface area (Å²) < 4.78 is 22.1. The third-order valence-corrected chi connectivity index (χ3v) is 5.17. The number of hydrogen-bond donors (Lipinski definition) is 0. The second-order valence-corrected chi connectivity index (χ2v) is 6.96. The fourth-order valence-electron chi connectivity index (χ4n) is 3.19. The molecular weight excluding hydrogens is 368 g/mol. The molecule has 0 bridgehead atoms. The van der Waals surface area contributed by atoms with E-state index < -0.39 is 0 Å². The summed E-state index contributed by atoms with van der Waals surface area (Å²) >= 11 is 0. The number of aromatic nitrogens is 1. The minimum Gasteiger partial charge on any atom is -0.497 e. The van der Waals surface area contributed by atoms with Crippen LogP contribution in [0.15, 0.2) is 46.9 Å². The largest absolute Gasteiger partial charge is 0.497 e. The highest BCUT2D eigenvalue weighted by Gasteiger charge is 2.19. The molecular formula is C23H28N2O4. The number of rotatable bonds is 8. The summed E-state index contributed by atoms with van der Waals surface area (Å²) in [6.45, 7) is 4.76. The van der Waals surface area contributed by atoms with Gasteiger partial charge in [-0.1, -0.05) is 12.1 Å². The fourth-order valence-corrected chi connectivity index (χ4v) is 3.19. The van der Waals surface area contributed by atoms with Crippen molar-refractivity contribution in [1.29, 1.82) is 0 Å². The predicted octanol–water partition coefficient (Wildman–Crippen LogP) is 4.87. The number of benzene rings is 2. The van der Waals surface area contributed by atoms with Crippen LogP contribution in [0, 0.1) is 6.92 Å². The molecule has 1 unspecified atom stereocenters. The SMILES string of the molecule is COc1cccc(C(C)N(C)Cc2nc(-c3ccc(OC)cc3OC)oc2C)c1. The van der Waals surface area contributed by atoms with Crippen LogP contribution in [0.4, 0.5) is 0 Å². The van der Waals surface area contributed by atoms with Crippen LogP contribution in [0.1, 0.15) is 30.0 Å². The Labute approximate surface area is 172 Å². The Balaban J connectivity index is 1.81. The molecule has 2 aromatic carbocycles. The van der Waals surface area contributed by atoms with E-state index in [1.807, 2.05) is 37.3 Å². The number of methoxy groups -OCH3 is 3. The van der Waals surface area contributed by atoms with Crippen molar-refractivity contribution in [3.8, 4) is 28.7 Å². The summed E-state index contributed by atoms with van der Waals surface area (Å²) in [5.41, 5.74) is 2.88. The van der Waals surface area contributed by atoms with Crippen LogP contribution in [0.25, 0.3) is 11.5 Å². The zero-order valence-electron chi connectivity index (χ0n) is 17.9. The first kappa shape index (κ1) is 20.7. The van der Waals surface area contributed by atoms with Crippen LogP contribution in [0.3, 0.4) is 0 Å². The summed E-state index contributed by atoms with van der Waals surface area (Å²) in [4.78, 5) is 6.97. The van der Waals surface area contributed by atoms with E-state index in [1.165, 1.54) is 5.56 Å². The molecule has 0 aliphatic rings. The third-order valence-electron chi connectivity index (χ3n) is 5.17. The van der Waals surface area contributed by atoms with Gasteiger partial charge in [-0.05, 0) is 50.7 Å². The van der Waals surface area contributed by atoms with Gasteiger partial charge in [-0.15, -0.1) is 0 Å². The molecule has 6 heteroatoms. The van der Waals surface area contributed by atoms with Crippen molar-refractivity contribution in [2.45, 2.75) is 26.4 Å². The van der Waals surface area contributed by atoms with E-state index in [2.05, 4.69) is 31.0 Å². The summed E-state index contributed by atoms with van der Waals surface area (Å²) in [5, 5.41) is 0. The Hall–Kier alpha value is -2.99. The predicted molar refractivity (Wildman–Crippen MR) is 113 cm³/mol. The van der Waals surface area contributed by atoms with E-state index in [4.69, 9.17) is 23.6 Å². The molecule has 0 aliphatic heterocycles. The van der Waals surface area contributed by atoms with Gasteiger partial charge in [-0.3, -0.25) is 4.90 Å². The molecule has 29 heavy (non-hydrogen) atoms. The van der Waals surface area contributed by atoms with E-state index in [0.717, 1.165) is 28.5 Å². The van der Waals surface area contributed by atoms with E-state index >= 15 is 0 Å². The van der Waals surface area contributed by atoms with Crippen LogP contribution in [-0.2, 0) is 6.54 Å². The minimum absolute atomic E-state index is 0.195. The Morgan fingerprint density at radius 1 is 1.00 bits per heavy atom. The van der Waals surface area contributed by atoms with Gasteiger partial charge in [0.2, 0.25) is 5.89 Å². The van der Waals surface area contributed by atoms with E-state index in [9.17, 15) is 0 Å². The highest BCUT2D eigenvalue weighted by Crippen LogP contribution is 2.34. The van der Waals surface area contributed by atoms with Crippen molar-refractivity contribution in [3.05, 3.63) is 59.5 Å². The van der Waals surface area contributed by atoms with Crippen molar-refractivity contribution in [2.75, 3.05) is 28.4 Å². The first-order valence-corrected chi connectivity index (χ1v) is 9.49. The topological polar surface area (TPSA) is 57.0 Å². The molecule has 0 aliphatic carbocycles. The van der Waals surface area contributed by atoms with Crippen LogP contribution in [-0.4, -0.2) is 38.3 Å². The molecule has 1 heterocycles. The summed E-state index contributed by atoms with van der Waals surface area (Å²) in [6, 6.07) is 13.9. The number of hydrogen-bond acceptors (Lipinski definition) is 6. The Morgan fingerprint density at radius 2 is 1.72 bits per heavy atom. The Kier molecular flexibility index (Phi) is 6.44. The molecule has 0 radical (unpaired) electrons. The van der Waals surface area contributed by atoms with E-state index in [1.54, 1.807) is 21.3 Å². The quantitative estimate of drug-likeness (QED) is 0.541. The first-order chi connectivity index (χ1) is 14.0. The highest BCUT2D eigenvalue weighted by atomic mass is 16.5. The van der Waals surface area contributed by atoms with Gasteiger partial charge >= 0.3 is 0 Å². The standard InChI is InChI=1S/C23H28N2O4/c1-15(17-8-7-9-18(12-17)26-4)25(3)14-21-16(2)29-23(24-21)20-11-10-19(27-5)13-22(20)28-6/h7-13,15H,14H2,1-6H3. The monoisotopic (exact) mass is 396 g/mol. The number of ether oxygens (including phenoxy) is 3. The number of aryl methyl sites for hydroxylation is 1. The maximum Gasteiger partial charge on any atom is 0.230 e. The average Bonchev–Trinajstić information content (AvgIpc) is 3.12. The lowest BCUT2D eigenvalue weighted by Gasteiger charge is -2.24. The maximum atomic E-state index is 5.96. The van der Waals surface area contributed by atoms with Crippen LogP contribution < -0.4 is 14.2 Å². The van der Waals surface area contributed by atoms with Gasteiger partial charge in [0.05, 0.1) is 32.6 Å². The second-order valence-electron chi connectivity index (χ2n) is 6.96. The van der Waals surface area contributed by atoms with Gasteiger partial charge in [0, 0.05) is 18.7 Å². The first-order valence-electron chi connectivity index (χ1n) is 9.49. The van der Waals surface area contributed by atoms with Crippen molar-refractivity contribution in [3.63, 3.8) is 0 Å². The molecule has 1 aromatic heterocycles. The zero-order valence-corrected chi connectivity index (χ0v) is 17.9. The smallest absolute Gasteiger partial charge is 0.230 e. The molecule has 3 aromatic rings. The molecule has 154 valence electrons. The van der Waals surface area contributed by atoms with Crippen molar-refractivity contribution < 1.29 is 18.6 Å². The highest BCUT2D eigenvalue weighted by molar-refractivity contribution is 5.65. The fraction of sp³-hybridized carbons (Fsp3) is 0.348. The number of oxazole rings is 1. The van der Waals surface area contributed by atoms with Crippen molar-refractivity contribution >= 4 is 0 Å². The number of nitrogens with zero attached hydrogens (tertiary/aromatic N) is 2. The average molecular weight is 396 g/mol. The molecule has 0 N–H and O–H groups in total. The van der Waals surface area contributed by atoms with Crippen LogP contribution in [0.2, 0.25) is 0 Å². The second kappa shape index (κ2) is 9.01. The van der Waals surface area contributed by atoms with Crippen molar-refractivity contribution in [1.82, 2.24) is 9.88 Å². The van der Waals surface area contributed by atoms with Gasteiger partial charge in [-0.25, -0.2) is 4.98 Å². The van der Waals surface area contributed by atoms with Gasteiger partial charge < -0.3 is 18.6 Å². The summed E-state index contributed by atoms with van der Waals surface area (Å²) in [7, 11) is 7.01. The normalized spacial score (nSPS) is 12.1. The molecule has 1 atom stereocenters. The summed E-state index contributed by atoms with van der Waals surface area (Å²) in [6.07, 6.45) is 0. The van der Waals surface area contributed by atoms with Crippen molar-refractivity contribution in [2.24, 2.45) is 0 Å². The molecule has 0 saturated heterocycles. The Bertz CT molecular complexity index is 967. The van der Waals surface area contributed by atoms with E-state index in [-0.39, 0.29) is 6.04 Å². The molecule has 0 amide bonds. The maximum absolute atomic E-state index is 5.96. The third kappa shape index (κ3) is 4.54.